The minimum Gasteiger partial charge on any atom is -0.308 e. The van der Waals surface area contributed by atoms with Crippen LogP contribution in [0.1, 0.15) is 61.5 Å². The lowest BCUT2D eigenvalue weighted by Gasteiger charge is -2.19. The predicted molar refractivity (Wildman–Crippen MR) is 312 cm³/mol. The lowest BCUT2D eigenvalue weighted by molar-refractivity contribution is 1.11. The molecule has 4 nitrogen and oxygen atoms in total. The number of hydrogen-bond acceptors (Lipinski definition) is 2. The second-order valence-electron chi connectivity index (χ2n) is 21.0. The Morgan fingerprint density at radius 2 is 0.595 bits per heavy atom. The second kappa shape index (κ2) is 17.8. The van der Waals surface area contributed by atoms with E-state index < -0.39 is 0 Å². The molecule has 0 fully saturated rings. The molecule has 9 aromatic carbocycles. The molecule has 0 aliphatic carbocycles. The summed E-state index contributed by atoms with van der Waals surface area (Å²) in [6, 6.07) is 66.0. The van der Waals surface area contributed by atoms with Crippen molar-refractivity contribution < 1.29 is 0 Å². The van der Waals surface area contributed by atoms with E-state index in [4.69, 9.17) is 4.98 Å². The minimum absolute atomic E-state index is 0.580. The van der Waals surface area contributed by atoms with Crippen LogP contribution in [0.15, 0.2) is 170 Å². The first-order valence-corrected chi connectivity index (χ1v) is 25.7. The van der Waals surface area contributed by atoms with Crippen molar-refractivity contribution in [3.05, 3.63) is 231 Å². The summed E-state index contributed by atoms with van der Waals surface area (Å²) in [7, 11) is 0. The largest absolute Gasteiger partial charge is 0.308 e. The molecule has 0 amide bonds. The Labute approximate surface area is 434 Å². The molecule has 0 atom stereocenters. The number of hydrogen-bond donors (Lipinski definition) is 0. The van der Waals surface area contributed by atoms with Gasteiger partial charge in [0.05, 0.1) is 33.4 Å². The monoisotopic (exact) mass is 954 g/mol. The van der Waals surface area contributed by atoms with Crippen LogP contribution in [0.5, 0.6) is 0 Å². The molecule has 74 heavy (non-hydrogen) atoms. The fraction of sp³-hybridized carbons (Fsp3) is 0.143. The fourth-order valence-electron chi connectivity index (χ4n) is 12.0. The zero-order valence-corrected chi connectivity index (χ0v) is 44.0. The van der Waals surface area contributed by atoms with Crippen LogP contribution in [0, 0.1) is 80.6 Å². The minimum atomic E-state index is 0.580. The molecule has 0 spiro atoms. The highest BCUT2D eigenvalue weighted by molar-refractivity contribution is 6.13. The normalized spacial score (nSPS) is 11.6. The maximum atomic E-state index is 12.1. The van der Waals surface area contributed by atoms with E-state index in [-0.39, 0.29) is 0 Å². The summed E-state index contributed by atoms with van der Waals surface area (Å²) in [6.07, 6.45) is 0. The third kappa shape index (κ3) is 7.79. The van der Waals surface area contributed by atoms with E-state index in [0.717, 1.165) is 99.8 Å². The summed E-state index contributed by atoms with van der Waals surface area (Å²) >= 11 is 0. The van der Waals surface area contributed by atoms with E-state index in [1.807, 2.05) is 0 Å². The molecule has 0 saturated carbocycles. The summed E-state index contributed by atoms with van der Waals surface area (Å²) in [5.74, 6) is 0. The Morgan fingerprint density at radius 1 is 0.311 bits per heavy atom. The first-order valence-electron chi connectivity index (χ1n) is 25.7. The molecule has 3 aromatic heterocycles. The topological polar surface area (TPSA) is 46.5 Å². The van der Waals surface area contributed by atoms with Gasteiger partial charge >= 0.3 is 0 Å². The van der Waals surface area contributed by atoms with Gasteiger partial charge in [-0.15, -0.1) is 0 Å². The molecule has 0 unspecified atom stereocenters. The van der Waals surface area contributed by atoms with Crippen LogP contribution in [0.3, 0.4) is 0 Å². The van der Waals surface area contributed by atoms with E-state index in [2.05, 4.69) is 254 Å². The maximum Gasteiger partial charge on any atom is 0.104 e. The van der Waals surface area contributed by atoms with Gasteiger partial charge in [0.1, 0.15) is 11.6 Å². The van der Waals surface area contributed by atoms with Crippen molar-refractivity contribution in [2.45, 2.75) is 69.2 Å². The lowest BCUT2D eigenvalue weighted by Crippen LogP contribution is -2.06. The Morgan fingerprint density at radius 3 is 0.865 bits per heavy atom. The van der Waals surface area contributed by atoms with Gasteiger partial charge in [0.25, 0.3) is 0 Å². The predicted octanol–water partition coefficient (Wildman–Crippen LogP) is 18.6. The third-order valence-corrected chi connectivity index (χ3v) is 15.4. The van der Waals surface area contributed by atoms with Crippen molar-refractivity contribution in [3.63, 3.8) is 0 Å². The highest BCUT2D eigenvalue weighted by Gasteiger charge is 2.25. The van der Waals surface area contributed by atoms with E-state index >= 15 is 0 Å². The maximum absolute atomic E-state index is 12.1. The van der Waals surface area contributed by atoms with Crippen LogP contribution in [0.2, 0.25) is 0 Å². The van der Waals surface area contributed by atoms with Gasteiger partial charge in [0, 0.05) is 32.9 Å². The molecule has 0 aliphatic rings. The molecular weight excluding hydrogens is 897 g/mol. The Balaban J connectivity index is 1.24. The Kier molecular flexibility index (Phi) is 11.1. The number of pyridine rings is 1. The zero-order valence-electron chi connectivity index (χ0n) is 44.0. The SMILES string of the molecule is Cc1ccc(-c2ccc3c4ccc(-c5ccc(C)cc5C)cc4n(-c4cc(-c5cc(C)nc(C)c5)cc(-n5c6cc(-c7ccc(C)cc7C)ccc6c6ccc(-c7ccc(C)cc7C)cc65)c4C#N)c3c2)c(C)c1. The molecule has 3 heterocycles. The van der Waals surface area contributed by atoms with Gasteiger partial charge in [-0.2, -0.15) is 5.26 Å². The number of nitrogens with zero attached hydrogens (tertiary/aromatic N) is 4. The first-order chi connectivity index (χ1) is 35.7. The number of fused-ring (bicyclic) bond motifs is 6. The molecule has 358 valence electrons. The molecule has 4 heteroatoms. The van der Waals surface area contributed by atoms with Crippen LogP contribution in [0.25, 0.3) is 111 Å². The summed E-state index contributed by atoms with van der Waals surface area (Å²) in [6.45, 7) is 21.5. The number of benzene rings is 9. The van der Waals surface area contributed by atoms with Crippen LogP contribution in [-0.2, 0) is 0 Å². The molecule has 0 N–H and O–H groups in total. The number of aromatic nitrogens is 3. The van der Waals surface area contributed by atoms with Crippen molar-refractivity contribution in [2.24, 2.45) is 0 Å². The molecule has 12 rings (SSSR count). The standard InChI is InChI=1S/C70H58N4/c1-40-11-19-56(44(5)27-40)50-15-23-60-61-24-16-51(57-20-12-41(2)28-45(57)6)34-66(61)73(65(60)33-50)69-37-55(54-31-48(9)72-49(10)32-54)38-70(64(69)39-71)74-67-35-52(58-21-13-42(3)29-46(58)7)17-25-62(67)63-26-18-53(36-68(63)74)59-22-14-43(4)30-47(59)8/h11-38H,1-10H3. The van der Waals surface area contributed by atoms with Crippen molar-refractivity contribution in [2.75, 3.05) is 0 Å². The summed E-state index contributed by atoms with van der Waals surface area (Å²) < 4.78 is 4.76. The van der Waals surface area contributed by atoms with E-state index in [1.165, 1.54) is 66.8 Å². The van der Waals surface area contributed by atoms with Gasteiger partial charge < -0.3 is 9.13 Å². The van der Waals surface area contributed by atoms with Gasteiger partial charge in [-0.3, -0.25) is 4.98 Å². The third-order valence-electron chi connectivity index (χ3n) is 15.4. The Hall–Kier alpha value is -8.78. The highest BCUT2D eigenvalue weighted by Crippen LogP contribution is 2.44. The van der Waals surface area contributed by atoms with Crippen LogP contribution < -0.4 is 0 Å². The smallest absolute Gasteiger partial charge is 0.104 e. The first kappa shape index (κ1) is 46.3. The summed E-state index contributed by atoms with van der Waals surface area (Å²) in [5.41, 5.74) is 29.4. The van der Waals surface area contributed by atoms with E-state index in [0.29, 0.717) is 5.56 Å². The van der Waals surface area contributed by atoms with Crippen molar-refractivity contribution in [1.29, 1.82) is 5.26 Å². The van der Waals surface area contributed by atoms with Crippen molar-refractivity contribution >= 4 is 43.6 Å². The van der Waals surface area contributed by atoms with Crippen molar-refractivity contribution in [3.8, 4) is 73.1 Å². The van der Waals surface area contributed by atoms with Crippen LogP contribution in [0.4, 0.5) is 0 Å². The van der Waals surface area contributed by atoms with Crippen LogP contribution in [-0.4, -0.2) is 14.1 Å². The number of nitriles is 1. The van der Waals surface area contributed by atoms with Gasteiger partial charge in [-0.25, -0.2) is 0 Å². The molecular formula is C70H58N4. The summed E-state index contributed by atoms with van der Waals surface area (Å²) in [5, 5.41) is 16.6. The average molecular weight is 955 g/mol. The lowest BCUT2D eigenvalue weighted by atomic mass is 9.96. The molecule has 12 aromatic rings. The molecule has 0 saturated heterocycles. The Bertz CT molecular complexity index is 3890. The van der Waals surface area contributed by atoms with Gasteiger partial charge in [0.2, 0.25) is 0 Å². The second-order valence-corrected chi connectivity index (χ2v) is 21.0. The zero-order chi connectivity index (χ0) is 51.3. The fourth-order valence-corrected chi connectivity index (χ4v) is 12.0. The van der Waals surface area contributed by atoms with Gasteiger partial charge in [0.15, 0.2) is 0 Å². The molecule has 0 bridgehead atoms. The van der Waals surface area contributed by atoms with Crippen LogP contribution >= 0.6 is 0 Å². The van der Waals surface area contributed by atoms with E-state index in [1.54, 1.807) is 0 Å². The van der Waals surface area contributed by atoms with Gasteiger partial charge in [-0.05, 0) is 196 Å². The summed E-state index contributed by atoms with van der Waals surface area (Å²) in [4.78, 5) is 4.84. The average Bonchev–Trinajstić information content (AvgIpc) is 3.86. The van der Waals surface area contributed by atoms with Crippen molar-refractivity contribution in [1.82, 2.24) is 14.1 Å². The number of rotatable bonds is 7. The number of aryl methyl sites for hydroxylation is 10. The molecule has 0 radical (unpaired) electrons. The van der Waals surface area contributed by atoms with E-state index in [9.17, 15) is 5.26 Å². The quantitative estimate of drug-likeness (QED) is 0.160. The molecule has 0 aliphatic heterocycles. The van der Waals surface area contributed by atoms with Gasteiger partial charge in [-0.1, -0.05) is 144 Å². The highest BCUT2D eigenvalue weighted by atomic mass is 15.0.